The number of carbonyl (C=O) groups is 1. The highest BCUT2D eigenvalue weighted by Crippen LogP contribution is 2.24. The van der Waals surface area contributed by atoms with E-state index in [9.17, 15) is 4.79 Å². The summed E-state index contributed by atoms with van der Waals surface area (Å²) in [4.78, 5) is 12.2. The van der Waals surface area contributed by atoms with Gasteiger partial charge in [-0.05, 0) is 38.2 Å². The van der Waals surface area contributed by atoms with Crippen LogP contribution in [0.15, 0.2) is 46.9 Å². The van der Waals surface area contributed by atoms with Crippen molar-refractivity contribution in [3.05, 3.63) is 46.5 Å². The smallest absolute Gasteiger partial charge is 0.235 e. The molecule has 0 saturated heterocycles. The Morgan fingerprint density at radius 1 is 1.32 bits per heavy atom. The van der Waals surface area contributed by atoms with Gasteiger partial charge in [-0.1, -0.05) is 41.3 Å². The summed E-state index contributed by atoms with van der Waals surface area (Å²) in [6.45, 7) is 4.03. The van der Waals surface area contributed by atoms with Crippen LogP contribution in [-0.2, 0) is 4.79 Å². The van der Waals surface area contributed by atoms with Crippen molar-refractivity contribution in [3.8, 4) is 5.69 Å². The van der Waals surface area contributed by atoms with Crippen LogP contribution >= 0.6 is 35.3 Å². The van der Waals surface area contributed by atoms with Crippen LogP contribution < -0.4 is 5.32 Å². The van der Waals surface area contributed by atoms with Gasteiger partial charge < -0.3 is 5.32 Å². The Kier molecular flexibility index (Phi) is 5.67. The van der Waals surface area contributed by atoms with Gasteiger partial charge in [0.1, 0.15) is 5.82 Å². The molecular weight excluding hydrogens is 374 g/mol. The van der Waals surface area contributed by atoms with Gasteiger partial charge in [-0.25, -0.2) is 9.36 Å². The first-order valence-electron chi connectivity index (χ1n) is 7.66. The van der Waals surface area contributed by atoms with Crippen LogP contribution in [0.25, 0.3) is 5.69 Å². The fraction of sp³-hybridized carbons (Fsp3) is 0.250. The number of aromatic nitrogens is 4. The van der Waals surface area contributed by atoms with Crippen LogP contribution in [0.4, 0.5) is 5.82 Å². The molecule has 1 N–H and O–H groups in total. The molecule has 0 unspecified atom stereocenters. The quantitative estimate of drug-likeness (QED) is 0.505. The van der Waals surface area contributed by atoms with Crippen molar-refractivity contribution in [2.75, 3.05) is 11.1 Å². The number of anilines is 1. The number of hydrogen-bond acceptors (Lipinski definition) is 6. The van der Waals surface area contributed by atoms with Gasteiger partial charge in [-0.3, -0.25) is 4.79 Å². The number of thioether (sulfide) groups is 1. The summed E-state index contributed by atoms with van der Waals surface area (Å²) in [5.74, 6) is 0.864. The van der Waals surface area contributed by atoms with E-state index in [4.69, 9.17) is 12.2 Å². The summed E-state index contributed by atoms with van der Waals surface area (Å²) in [6.07, 6.45) is 1.68. The maximum atomic E-state index is 12.2. The number of para-hydroxylation sites is 1. The highest BCUT2D eigenvalue weighted by molar-refractivity contribution is 8.01. The van der Waals surface area contributed by atoms with E-state index in [1.54, 1.807) is 21.6 Å². The van der Waals surface area contributed by atoms with E-state index < -0.39 is 0 Å². The Bertz CT molecular complexity index is 913. The number of nitrogens with zero attached hydrogens (tertiary/aromatic N) is 4. The fourth-order valence-corrected chi connectivity index (χ4v) is 4.34. The monoisotopic (exact) mass is 391 g/mol. The van der Waals surface area contributed by atoms with Crippen molar-refractivity contribution in [1.29, 1.82) is 0 Å². The van der Waals surface area contributed by atoms with E-state index >= 15 is 0 Å². The number of nitrogens with one attached hydrogen (secondary N) is 1. The molecule has 3 rings (SSSR count). The predicted octanol–water partition coefficient (Wildman–Crippen LogP) is 4.17. The van der Waals surface area contributed by atoms with E-state index in [2.05, 4.69) is 15.5 Å². The molecule has 0 spiro atoms. The van der Waals surface area contributed by atoms with Crippen molar-refractivity contribution in [2.45, 2.75) is 24.2 Å². The zero-order chi connectivity index (χ0) is 17.8. The third-order valence-electron chi connectivity index (χ3n) is 3.28. The second-order valence-corrected chi connectivity index (χ2v) is 8.32. The Labute approximate surface area is 158 Å². The van der Waals surface area contributed by atoms with E-state index in [1.165, 1.54) is 23.1 Å². The molecule has 1 aromatic carbocycles. The summed E-state index contributed by atoms with van der Waals surface area (Å²) >= 11 is 8.14. The van der Waals surface area contributed by atoms with Crippen LogP contribution in [0.1, 0.15) is 19.9 Å². The highest BCUT2D eigenvalue weighted by atomic mass is 32.2. The lowest BCUT2D eigenvalue weighted by molar-refractivity contribution is -0.113. The second-order valence-electron chi connectivity index (χ2n) is 5.47. The Balaban J connectivity index is 1.63. The molecule has 0 atom stereocenters. The van der Waals surface area contributed by atoms with Gasteiger partial charge >= 0.3 is 0 Å². The lowest BCUT2D eigenvalue weighted by atomic mass is 10.3. The molecule has 2 heterocycles. The molecule has 2 aromatic heterocycles. The lowest BCUT2D eigenvalue weighted by Crippen LogP contribution is -2.18. The van der Waals surface area contributed by atoms with Gasteiger partial charge in [0, 0.05) is 12.1 Å². The maximum Gasteiger partial charge on any atom is 0.235 e. The average molecular weight is 392 g/mol. The topological polar surface area (TPSA) is 64.7 Å². The molecule has 6 nitrogen and oxygen atoms in total. The Morgan fingerprint density at radius 3 is 2.80 bits per heavy atom. The zero-order valence-electron chi connectivity index (χ0n) is 13.7. The molecule has 0 saturated carbocycles. The summed E-state index contributed by atoms with van der Waals surface area (Å²) in [5.41, 5.74) is 0.917. The van der Waals surface area contributed by atoms with Gasteiger partial charge in [-0.2, -0.15) is 5.10 Å². The third kappa shape index (κ3) is 4.36. The number of hydrogen-bond donors (Lipinski definition) is 1. The van der Waals surface area contributed by atoms with E-state index in [1.807, 2.05) is 44.2 Å². The fourth-order valence-electron chi connectivity index (χ4n) is 2.18. The molecule has 130 valence electrons. The average Bonchev–Trinajstić information content (AvgIpc) is 3.20. The number of amides is 1. The maximum absolute atomic E-state index is 12.2. The summed E-state index contributed by atoms with van der Waals surface area (Å²) < 4.78 is 4.92. The van der Waals surface area contributed by atoms with Crippen LogP contribution in [0.3, 0.4) is 0 Å². The molecular formula is C16H17N5OS3. The first-order valence-corrected chi connectivity index (χ1v) is 9.87. The summed E-state index contributed by atoms with van der Waals surface area (Å²) in [6, 6.07) is 11.7. The third-order valence-corrected chi connectivity index (χ3v) is 5.65. The van der Waals surface area contributed by atoms with Crippen molar-refractivity contribution in [1.82, 2.24) is 19.6 Å². The van der Waals surface area contributed by atoms with Gasteiger partial charge in [0.15, 0.2) is 8.29 Å². The van der Waals surface area contributed by atoms with Crippen molar-refractivity contribution >= 4 is 47.0 Å². The molecule has 1 amide bonds. The predicted molar refractivity (Wildman–Crippen MR) is 104 cm³/mol. The minimum absolute atomic E-state index is 0.0974. The van der Waals surface area contributed by atoms with Crippen molar-refractivity contribution < 1.29 is 4.79 Å². The summed E-state index contributed by atoms with van der Waals surface area (Å²) in [7, 11) is 0. The van der Waals surface area contributed by atoms with Gasteiger partial charge in [-0.15, -0.1) is 5.10 Å². The van der Waals surface area contributed by atoms with Crippen LogP contribution in [0.2, 0.25) is 0 Å². The number of benzene rings is 1. The minimum atomic E-state index is -0.0974. The molecule has 0 radical (unpaired) electrons. The van der Waals surface area contributed by atoms with Crippen molar-refractivity contribution in [2.24, 2.45) is 0 Å². The standard InChI is InChI=1S/C16H17N5OS3/c1-11(2)20-13(8-9-17-20)18-14(22)10-24-15-19-21(16(23)25-15)12-6-4-3-5-7-12/h3-9,11H,10H2,1-2H3,(H,18,22). The normalized spacial score (nSPS) is 11.0. The van der Waals surface area contributed by atoms with Gasteiger partial charge in [0.25, 0.3) is 0 Å². The molecule has 0 aliphatic heterocycles. The first-order chi connectivity index (χ1) is 12.0. The van der Waals surface area contributed by atoms with E-state index in [0.29, 0.717) is 9.77 Å². The Morgan fingerprint density at radius 2 is 2.08 bits per heavy atom. The molecule has 0 aliphatic carbocycles. The minimum Gasteiger partial charge on any atom is -0.310 e. The largest absolute Gasteiger partial charge is 0.310 e. The molecule has 0 bridgehead atoms. The second kappa shape index (κ2) is 7.94. The SMILES string of the molecule is CC(C)n1nccc1NC(=O)CSc1nn(-c2ccccc2)c(=S)s1. The van der Waals surface area contributed by atoms with Gasteiger partial charge in [0.2, 0.25) is 5.91 Å². The molecule has 25 heavy (non-hydrogen) atoms. The zero-order valence-corrected chi connectivity index (χ0v) is 16.2. The molecule has 3 aromatic rings. The highest BCUT2D eigenvalue weighted by Gasteiger charge is 2.12. The summed E-state index contributed by atoms with van der Waals surface area (Å²) in [5, 5.41) is 11.6. The Hall–Kier alpha value is -1.97. The molecule has 0 fully saturated rings. The first kappa shape index (κ1) is 17.8. The van der Waals surface area contributed by atoms with Crippen molar-refractivity contribution in [3.63, 3.8) is 0 Å². The molecule has 0 aliphatic rings. The number of carbonyl (C=O) groups excluding carboxylic acids is 1. The van der Waals surface area contributed by atoms with Crippen LogP contribution in [0.5, 0.6) is 0 Å². The van der Waals surface area contributed by atoms with Crippen LogP contribution in [0, 0.1) is 3.95 Å². The lowest BCUT2D eigenvalue weighted by Gasteiger charge is -2.11. The molecule has 9 heteroatoms. The van der Waals surface area contributed by atoms with E-state index in [0.717, 1.165) is 10.0 Å². The van der Waals surface area contributed by atoms with E-state index in [-0.39, 0.29) is 17.7 Å². The van der Waals surface area contributed by atoms with Gasteiger partial charge in [0.05, 0.1) is 17.6 Å². The van der Waals surface area contributed by atoms with Crippen LogP contribution in [-0.4, -0.2) is 31.2 Å². The number of rotatable bonds is 6.